The Labute approximate surface area is 380 Å². The number of H-pyrrole nitrogens is 2. The van der Waals surface area contributed by atoms with Gasteiger partial charge in [-0.15, -0.1) is 0 Å². The molecular weight excluding hydrogens is 847 g/mol. The molecule has 0 spiro atoms. The van der Waals surface area contributed by atoms with Crippen LogP contribution in [0.5, 0.6) is 0 Å². The summed E-state index contributed by atoms with van der Waals surface area (Å²) >= 11 is 0. The predicted octanol–water partition coefficient (Wildman–Crippen LogP) is 4.52. The van der Waals surface area contributed by atoms with Gasteiger partial charge in [0.25, 0.3) is 17.4 Å². The molecule has 8 rings (SSSR count). The van der Waals surface area contributed by atoms with Gasteiger partial charge in [-0.05, 0) is 101 Å². The average Bonchev–Trinajstić information content (AvgIpc) is 3.95. The average molecular weight is 902 g/mol. The van der Waals surface area contributed by atoms with E-state index in [9.17, 15) is 33.6 Å². The molecule has 3 aliphatic heterocycles. The van der Waals surface area contributed by atoms with Crippen molar-refractivity contribution in [1.82, 2.24) is 40.2 Å². The van der Waals surface area contributed by atoms with Crippen LogP contribution in [0, 0.1) is 0 Å². The van der Waals surface area contributed by atoms with E-state index in [1.54, 1.807) is 17.0 Å². The number of ether oxygens (including phenoxy) is 2. The molecule has 18 nitrogen and oxygen atoms in total. The summed E-state index contributed by atoms with van der Waals surface area (Å²) in [5.41, 5.74) is 5.40. The molecule has 0 bridgehead atoms. The Morgan fingerprint density at radius 3 is 2.32 bits per heavy atom. The standard InChI is InChI=1S/C48H55N9O9/c1-48(2,3)66-47(64)55-25-21-31(22-26-55)41-33(44(62)57(54-41)46-51-34-10-4-5-11-35(34)52-46)18-17-30-15-13-29(14-16-30)8-7-27-65-28-39(59)50-24-23-49-36-12-6-9-32-40(36)45(63)56(43(32)61)37-19-20-38(58)53-42(37)60/h4-6,9-16,31,37,49,54H,7-8,17-28H2,1-3H3,(H,50,59)(H,51,52)(H,53,58,60). The van der Waals surface area contributed by atoms with Crippen LogP contribution in [0.25, 0.3) is 17.0 Å². The number of likely N-dealkylation sites (tertiary alicyclic amines) is 1. The number of hydrogen-bond acceptors (Lipinski definition) is 11. The van der Waals surface area contributed by atoms with E-state index < -0.39 is 35.3 Å². The largest absolute Gasteiger partial charge is 0.444 e. The Hall–Kier alpha value is -7.08. The minimum Gasteiger partial charge on any atom is -0.444 e. The van der Waals surface area contributed by atoms with E-state index in [1.165, 1.54) is 10.7 Å². The molecule has 3 aliphatic rings. The lowest BCUT2D eigenvalue weighted by molar-refractivity contribution is -0.136. The number of imidazole rings is 1. The summed E-state index contributed by atoms with van der Waals surface area (Å²) in [6.07, 6.45) is 3.79. The molecule has 3 aromatic carbocycles. The van der Waals surface area contributed by atoms with Crippen molar-refractivity contribution in [2.75, 3.05) is 44.7 Å². The summed E-state index contributed by atoms with van der Waals surface area (Å²) in [5, 5.41) is 11.5. The number of imide groups is 2. The van der Waals surface area contributed by atoms with Gasteiger partial charge in [0.05, 0.1) is 22.2 Å². The highest BCUT2D eigenvalue weighted by Crippen LogP contribution is 2.33. The molecule has 2 saturated heterocycles. The quantitative estimate of drug-likeness (QED) is 0.0683. The van der Waals surface area contributed by atoms with E-state index in [-0.39, 0.29) is 67.1 Å². The van der Waals surface area contributed by atoms with Crippen LogP contribution >= 0.6 is 0 Å². The van der Waals surface area contributed by atoms with Crippen LogP contribution in [0.1, 0.15) is 102 Å². The van der Waals surface area contributed by atoms with Gasteiger partial charge in [0.2, 0.25) is 23.7 Å². The molecule has 346 valence electrons. The number of benzene rings is 3. The first-order valence-corrected chi connectivity index (χ1v) is 22.5. The zero-order valence-electron chi connectivity index (χ0n) is 37.4. The van der Waals surface area contributed by atoms with Crippen LogP contribution in [0.15, 0.2) is 71.5 Å². The van der Waals surface area contributed by atoms with Crippen molar-refractivity contribution in [2.45, 2.75) is 89.7 Å². The number of hydrogen-bond donors (Lipinski definition) is 5. The van der Waals surface area contributed by atoms with Crippen molar-refractivity contribution in [3.8, 4) is 5.95 Å². The molecule has 18 heteroatoms. The molecule has 5 heterocycles. The van der Waals surface area contributed by atoms with Crippen molar-refractivity contribution >= 4 is 52.3 Å². The third-order valence-electron chi connectivity index (χ3n) is 12.1. The van der Waals surface area contributed by atoms with Crippen LogP contribution in [0.4, 0.5) is 10.5 Å². The molecule has 66 heavy (non-hydrogen) atoms. The monoisotopic (exact) mass is 901 g/mol. The zero-order chi connectivity index (χ0) is 46.5. The fourth-order valence-corrected chi connectivity index (χ4v) is 8.74. The van der Waals surface area contributed by atoms with Gasteiger partial charge in [-0.25, -0.2) is 9.78 Å². The molecule has 1 atom stereocenters. The van der Waals surface area contributed by atoms with Crippen molar-refractivity contribution in [3.05, 3.63) is 111 Å². The van der Waals surface area contributed by atoms with Crippen LogP contribution in [-0.4, -0.2) is 116 Å². The second kappa shape index (κ2) is 19.6. The predicted molar refractivity (Wildman–Crippen MR) is 243 cm³/mol. The fraction of sp³-hybridized carbons (Fsp3) is 0.417. The SMILES string of the molecule is CC(C)(C)OC(=O)N1CCC(c2[nH]n(-c3nc4ccccc4[nH]3)c(=O)c2CCc2ccc(CCCOCC(=O)NCCNc3cccc4c3C(=O)N(C3CCC(=O)NC3=O)C4=O)cc2)CC1. The lowest BCUT2D eigenvalue weighted by atomic mass is 9.90. The molecule has 2 aromatic heterocycles. The number of aromatic amines is 2. The van der Waals surface area contributed by atoms with Gasteiger partial charge in [-0.3, -0.25) is 44.1 Å². The highest BCUT2D eigenvalue weighted by Gasteiger charge is 2.45. The lowest BCUT2D eigenvalue weighted by Gasteiger charge is -2.33. The van der Waals surface area contributed by atoms with Crippen LogP contribution in [0.3, 0.4) is 0 Å². The zero-order valence-corrected chi connectivity index (χ0v) is 37.4. The van der Waals surface area contributed by atoms with Gasteiger partial charge in [-0.2, -0.15) is 4.68 Å². The van der Waals surface area contributed by atoms with Crippen LogP contribution in [-0.2, 0) is 43.1 Å². The van der Waals surface area contributed by atoms with Crippen molar-refractivity contribution in [3.63, 3.8) is 0 Å². The molecule has 5 aromatic rings. The summed E-state index contributed by atoms with van der Waals surface area (Å²) < 4.78 is 12.7. The number of nitrogens with zero attached hydrogens (tertiary/aromatic N) is 4. The second-order valence-electron chi connectivity index (χ2n) is 17.9. The first-order chi connectivity index (χ1) is 31.7. The van der Waals surface area contributed by atoms with Gasteiger partial charge in [0.15, 0.2) is 0 Å². The van der Waals surface area contributed by atoms with Gasteiger partial charge in [0, 0.05) is 62.1 Å². The number of aryl methyl sites for hydroxylation is 2. The lowest BCUT2D eigenvalue weighted by Crippen LogP contribution is -2.54. The molecule has 1 unspecified atom stereocenters. The molecule has 0 aliphatic carbocycles. The maximum atomic E-state index is 14.1. The number of aromatic nitrogens is 4. The van der Waals surface area contributed by atoms with E-state index >= 15 is 0 Å². The number of piperidine rings is 2. The van der Waals surface area contributed by atoms with Gasteiger partial charge in [-0.1, -0.05) is 42.5 Å². The minimum atomic E-state index is -1.06. The van der Waals surface area contributed by atoms with Gasteiger partial charge >= 0.3 is 6.09 Å². The van der Waals surface area contributed by atoms with E-state index in [0.717, 1.165) is 39.2 Å². The molecular formula is C48H55N9O9. The first-order valence-electron chi connectivity index (χ1n) is 22.5. The molecule has 5 N–H and O–H groups in total. The normalized spacial score (nSPS) is 16.7. The number of nitrogens with one attached hydrogen (secondary N) is 5. The number of carbonyl (C=O) groups excluding carboxylic acids is 6. The highest BCUT2D eigenvalue weighted by molar-refractivity contribution is 6.25. The number of carbonyl (C=O) groups is 6. The Bertz CT molecular complexity index is 2670. The third kappa shape index (κ3) is 10.2. The number of fused-ring (bicyclic) bond motifs is 2. The number of para-hydroxylation sites is 2. The summed E-state index contributed by atoms with van der Waals surface area (Å²) in [5.74, 6) is -2.13. The maximum Gasteiger partial charge on any atom is 0.410 e. The highest BCUT2D eigenvalue weighted by atomic mass is 16.6. The fourth-order valence-electron chi connectivity index (χ4n) is 8.74. The topological polar surface area (TPSA) is 230 Å². The number of anilines is 1. The molecule has 0 radical (unpaired) electrons. The summed E-state index contributed by atoms with van der Waals surface area (Å²) in [4.78, 5) is 100. The van der Waals surface area contributed by atoms with E-state index in [1.807, 2.05) is 45.0 Å². The maximum absolute atomic E-state index is 14.1. The Morgan fingerprint density at radius 1 is 0.848 bits per heavy atom. The van der Waals surface area contributed by atoms with Crippen LogP contribution < -0.4 is 21.5 Å². The Kier molecular flexibility index (Phi) is 13.5. The summed E-state index contributed by atoms with van der Waals surface area (Å²) in [6.45, 7) is 7.39. The molecule has 2 fully saturated rings. The third-order valence-corrected chi connectivity index (χ3v) is 12.1. The van der Waals surface area contributed by atoms with E-state index in [0.29, 0.717) is 69.0 Å². The smallest absolute Gasteiger partial charge is 0.410 e. The number of rotatable bonds is 16. The van der Waals surface area contributed by atoms with Crippen molar-refractivity contribution in [2.24, 2.45) is 0 Å². The van der Waals surface area contributed by atoms with Crippen molar-refractivity contribution < 1.29 is 38.2 Å². The Morgan fingerprint density at radius 2 is 1.59 bits per heavy atom. The van der Waals surface area contributed by atoms with Crippen LogP contribution in [0.2, 0.25) is 0 Å². The van der Waals surface area contributed by atoms with E-state index in [4.69, 9.17) is 9.47 Å². The summed E-state index contributed by atoms with van der Waals surface area (Å²) in [6, 6.07) is 19.7. The molecule has 6 amide bonds. The van der Waals surface area contributed by atoms with Crippen molar-refractivity contribution in [1.29, 1.82) is 0 Å². The second-order valence-corrected chi connectivity index (χ2v) is 17.9. The summed E-state index contributed by atoms with van der Waals surface area (Å²) in [7, 11) is 0. The number of amides is 6. The van der Waals surface area contributed by atoms with Gasteiger partial charge in [0.1, 0.15) is 18.2 Å². The Balaban J connectivity index is 0.783. The van der Waals surface area contributed by atoms with Gasteiger partial charge < -0.3 is 30.0 Å². The van der Waals surface area contributed by atoms with E-state index in [2.05, 4.69) is 55.3 Å². The molecule has 0 saturated carbocycles. The minimum absolute atomic E-state index is 0.0350. The first kappa shape index (κ1) is 45.5.